The van der Waals surface area contributed by atoms with Crippen LogP contribution in [0.3, 0.4) is 0 Å². The van der Waals surface area contributed by atoms with E-state index in [-0.39, 0.29) is 0 Å². The highest BCUT2D eigenvalue weighted by molar-refractivity contribution is 4.82. The smallest absolute Gasteiger partial charge is 0.0675 e. The van der Waals surface area contributed by atoms with E-state index in [0.717, 1.165) is 12.6 Å². The first-order chi connectivity index (χ1) is 7.55. The molecular formula is C14H27NO. The van der Waals surface area contributed by atoms with Crippen molar-refractivity contribution in [3.63, 3.8) is 0 Å². The van der Waals surface area contributed by atoms with Crippen LogP contribution in [0.5, 0.6) is 0 Å². The van der Waals surface area contributed by atoms with Crippen molar-refractivity contribution in [2.45, 2.75) is 77.5 Å². The summed E-state index contributed by atoms with van der Waals surface area (Å²) in [4.78, 5) is 0. The zero-order valence-corrected chi connectivity index (χ0v) is 11.1. The fraction of sp³-hybridized carbons (Fsp3) is 1.00. The third-order valence-electron chi connectivity index (χ3n) is 3.98. The first-order valence-corrected chi connectivity index (χ1v) is 6.94. The normalized spacial score (nSPS) is 27.9. The predicted octanol–water partition coefficient (Wildman–Crippen LogP) is 3.11. The van der Waals surface area contributed by atoms with Crippen LogP contribution in [0.2, 0.25) is 0 Å². The van der Waals surface area contributed by atoms with E-state index in [1.807, 2.05) is 0 Å². The van der Waals surface area contributed by atoms with Gasteiger partial charge in [0.15, 0.2) is 0 Å². The summed E-state index contributed by atoms with van der Waals surface area (Å²) < 4.78 is 6.10. The summed E-state index contributed by atoms with van der Waals surface area (Å²) in [6.07, 6.45) is 8.77. The van der Waals surface area contributed by atoms with Gasteiger partial charge in [0, 0.05) is 12.6 Å². The Balaban J connectivity index is 1.61. The van der Waals surface area contributed by atoms with Gasteiger partial charge in [0.1, 0.15) is 0 Å². The molecule has 2 rings (SSSR count). The van der Waals surface area contributed by atoms with Gasteiger partial charge in [0.25, 0.3) is 0 Å². The molecular weight excluding hydrogens is 198 g/mol. The molecule has 2 heteroatoms. The number of nitrogens with one attached hydrogen (secondary N) is 1. The molecule has 0 aliphatic heterocycles. The third-order valence-corrected chi connectivity index (χ3v) is 3.98. The Morgan fingerprint density at radius 1 is 1.19 bits per heavy atom. The number of hydrogen-bond acceptors (Lipinski definition) is 2. The van der Waals surface area contributed by atoms with Gasteiger partial charge >= 0.3 is 0 Å². The molecule has 1 unspecified atom stereocenters. The number of ether oxygens (including phenoxy) is 1. The van der Waals surface area contributed by atoms with E-state index in [4.69, 9.17) is 4.74 Å². The molecule has 0 amide bonds. The van der Waals surface area contributed by atoms with Gasteiger partial charge in [-0.3, -0.25) is 0 Å². The molecule has 0 aromatic carbocycles. The average molecular weight is 225 g/mol. The Hall–Kier alpha value is -0.0800. The summed E-state index contributed by atoms with van der Waals surface area (Å²) in [5, 5.41) is 3.54. The molecule has 0 spiro atoms. The zero-order valence-electron chi connectivity index (χ0n) is 11.1. The lowest BCUT2D eigenvalue weighted by Gasteiger charge is -2.35. The van der Waals surface area contributed by atoms with Crippen LogP contribution >= 0.6 is 0 Å². The van der Waals surface area contributed by atoms with Crippen molar-refractivity contribution >= 4 is 0 Å². The third kappa shape index (κ3) is 4.06. The average Bonchev–Trinajstić information content (AvgIpc) is 3.02. The molecule has 0 heterocycles. The van der Waals surface area contributed by atoms with E-state index in [1.165, 1.54) is 38.5 Å². The second-order valence-corrected chi connectivity index (χ2v) is 6.49. The lowest BCUT2D eigenvalue weighted by atomic mass is 9.76. The maximum absolute atomic E-state index is 6.10. The second-order valence-electron chi connectivity index (χ2n) is 6.49. The summed E-state index contributed by atoms with van der Waals surface area (Å²) in [7, 11) is 0. The Morgan fingerprint density at radius 3 is 2.38 bits per heavy atom. The Labute approximate surface area is 100 Å². The Morgan fingerprint density at radius 2 is 1.81 bits per heavy atom. The first kappa shape index (κ1) is 12.4. The van der Waals surface area contributed by atoms with E-state index in [9.17, 15) is 0 Å². The van der Waals surface area contributed by atoms with Gasteiger partial charge in [0.2, 0.25) is 0 Å². The summed E-state index contributed by atoms with van der Waals surface area (Å²) in [6.45, 7) is 7.99. The maximum atomic E-state index is 6.10. The quantitative estimate of drug-likeness (QED) is 0.776. The van der Waals surface area contributed by atoms with E-state index in [2.05, 4.69) is 26.1 Å². The molecule has 16 heavy (non-hydrogen) atoms. The van der Waals surface area contributed by atoms with Crippen LogP contribution in [0.1, 0.15) is 59.3 Å². The fourth-order valence-electron chi connectivity index (χ4n) is 2.51. The number of rotatable bonds is 5. The highest BCUT2D eigenvalue weighted by Crippen LogP contribution is 2.36. The van der Waals surface area contributed by atoms with Crippen LogP contribution < -0.4 is 5.32 Å². The zero-order chi connectivity index (χ0) is 11.6. The Kier molecular flexibility index (Phi) is 3.91. The molecule has 94 valence electrons. The van der Waals surface area contributed by atoms with Crippen molar-refractivity contribution in [1.82, 2.24) is 5.32 Å². The summed E-state index contributed by atoms with van der Waals surface area (Å²) in [6, 6.07) is 0.802. The lowest BCUT2D eigenvalue weighted by Crippen LogP contribution is -2.34. The van der Waals surface area contributed by atoms with Gasteiger partial charge in [-0.25, -0.2) is 0 Å². The van der Waals surface area contributed by atoms with E-state index < -0.39 is 0 Å². The minimum atomic E-state index is 0.381. The van der Waals surface area contributed by atoms with Crippen LogP contribution in [0.4, 0.5) is 0 Å². The topological polar surface area (TPSA) is 21.3 Å². The number of hydrogen-bond donors (Lipinski definition) is 1. The Bertz CT molecular complexity index is 213. The summed E-state index contributed by atoms with van der Waals surface area (Å²) >= 11 is 0. The van der Waals surface area contributed by atoms with Crippen molar-refractivity contribution in [3.05, 3.63) is 0 Å². The summed E-state index contributed by atoms with van der Waals surface area (Å²) in [5.41, 5.74) is 0.551. The lowest BCUT2D eigenvalue weighted by molar-refractivity contribution is -0.0365. The molecule has 1 atom stereocenters. The molecule has 2 aliphatic carbocycles. The largest absolute Gasteiger partial charge is 0.374 e. The fourth-order valence-corrected chi connectivity index (χ4v) is 2.51. The highest BCUT2D eigenvalue weighted by atomic mass is 16.5. The van der Waals surface area contributed by atoms with Gasteiger partial charge in [-0.15, -0.1) is 0 Å². The van der Waals surface area contributed by atoms with Crippen molar-refractivity contribution in [2.24, 2.45) is 5.41 Å². The SMILES string of the molecule is CC(CNC1CC1)OC1CCC(C)(C)CC1. The van der Waals surface area contributed by atoms with Crippen molar-refractivity contribution in [1.29, 1.82) is 0 Å². The van der Waals surface area contributed by atoms with E-state index >= 15 is 0 Å². The van der Waals surface area contributed by atoms with E-state index in [1.54, 1.807) is 0 Å². The molecule has 0 aromatic heterocycles. The van der Waals surface area contributed by atoms with Crippen molar-refractivity contribution in [3.8, 4) is 0 Å². The van der Waals surface area contributed by atoms with Crippen LogP contribution in [0, 0.1) is 5.41 Å². The molecule has 0 radical (unpaired) electrons. The van der Waals surface area contributed by atoms with Crippen LogP contribution in [0.15, 0.2) is 0 Å². The highest BCUT2D eigenvalue weighted by Gasteiger charge is 2.28. The predicted molar refractivity (Wildman–Crippen MR) is 67.6 cm³/mol. The van der Waals surface area contributed by atoms with Gasteiger partial charge in [-0.05, 0) is 50.9 Å². The van der Waals surface area contributed by atoms with Crippen molar-refractivity contribution in [2.75, 3.05) is 6.54 Å². The monoisotopic (exact) mass is 225 g/mol. The van der Waals surface area contributed by atoms with Gasteiger partial charge in [-0.1, -0.05) is 13.8 Å². The van der Waals surface area contributed by atoms with Gasteiger partial charge in [-0.2, -0.15) is 0 Å². The molecule has 2 aliphatic rings. The van der Waals surface area contributed by atoms with Crippen LogP contribution in [-0.2, 0) is 4.74 Å². The standard InChI is InChI=1S/C14H27NO/c1-11(10-15-12-4-5-12)16-13-6-8-14(2,3)9-7-13/h11-13,15H,4-10H2,1-3H3. The van der Waals surface area contributed by atoms with Gasteiger partial charge < -0.3 is 10.1 Å². The molecule has 1 N–H and O–H groups in total. The minimum Gasteiger partial charge on any atom is -0.374 e. The molecule has 2 fully saturated rings. The first-order valence-electron chi connectivity index (χ1n) is 6.94. The van der Waals surface area contributed by atoms with Crippen molar-refractivity contribution < 1.29 is 4.74 Å². The second kappa shape index (κ2) is 5.05. The molecule has 2 saturated carbocycles. The molecule has 0 saturated heterocycles. The molecule has 0 aromatic rings. The maximum Gasteiger partial charge on any atom is 0.0675 e. The molecule has 2 nitrogen and oxygen atoms in total. The van der Waals surface area contributed by atoms with E-state index in [0.29, 0.717) is 17.6 Å². The molecule has 0 bridgehead atoms. The van der Waals surface area contributed by atoms with Crippen LogP contribution in [0.25, 0.3) is 0 Å². The van der Waals surface area contributed by atoms with Gasteiger partial charge in [0.05, 0.1) is 12.2 Å². The minimum absolute atomic E-state index is 0.381. The summed E-state index contributed by atoms with van der Waals surface area (Å²) in [5.74, 6) is 0. The van der Waals surface area contributed by atoms with Crippen LogP contribution in [-0.4, -0.2) is 24.8 Å².